The molecule has 0 aliphatic rings. The molecule has 0 aliphatic heterocycles. The normalized spacial score (nSPS) is 10.8. The molecule has 1 N–H and O–H groups in total. The largest absolute Gasteiger partial charge is 1.00 e. The third-order valence-electron chi connectivity index (χ3n) is 2.93. The van der Waals surface area contributed by atoms with E-state index in [1.165, 1.54) is 12.1 Å². The first-order chi connectivity index (χ1) is 9.83. The van der Waals surface area contributed by atoms with Crippen molar-refractivity contribution in [2.75, 3.05) is 0 Å². The number of nitro benzene ring substituents is 1. The van der Waals surface area contributed by atoms with E-state index in [0.29, 0.717) is 12.0 Å². The molecule has 0 aliphatic carbocycles. The van der Waals surface area contributed by atoms with Crippen LogP contribution in [0.2, 0.25) is 0 Å². The van der Waals surface area contributed by atoms with Gasteiger partial charge in [0.25, 0.3) is 15.8 Å². The summed E-state index contributed by atoms with van der Waals surface area (Å²) in [6.07, 6.45) is 0.587. The number of hydrogen-bond donors (Lipinski definition) is 1. The Morgan fingerprint density at radius 2 is 1.32 bits per heavy atom. The van der Waals surface area contributed by atoms with Gasteiger partial charge < -0.3 is 0 Å². The van der Waals surface area contributed by atoms with E-state index in [4.69, 9.17) is 4.55 Å². The summed E-state index contributed by atoms with van der Waals surface area (Å²) in [6.45, 7) is 0. The molecule has 110 valence electrons. The van der Waals surface area contributed by atoms with Crippen molar-refractivity contribution in [2.24, 2.45) is 0 Å². The summed E-state index contributed by atoms with van der Waals surface area (Å²) in [5.41, 5.74) is 2.42. The third kappa shape index (κ3) is 5.86. The predicted molar refractivity (Wildman–Crippen MR) is 77.6 cm³/mol. The van der Waals surface area contributed by atoms with Crippen molar-refractivity contribution in [2.45, 2.75) is 12.2 Å². The molecule has 6 nitrogen and oxygen atoms in total. The van der Waals surface area contributed by atoms with Gasteiger partial charge in [0.1, 0.15) is 5.75 Å². The van der Waals surface area contributed by atoms with Gasteiger partial charge in [-0.15, -0.1) is 0 Å². The zero-order chi connectivity index (χ0) is 15.5. The summed E-state index contributed by atoms with van der Waals surface area (Å²) in [5.74, 6) is -0.412. The molecule has 0 heterocycles. The average Bonchev–Trinajstić information content (AvgIpc) is 2.40. The number of nitro groups is 1. The molecule has 0 aromatic heterocycles. The van der Waals surface area contributed by atoms with Gasteiger partial charge in [0.2, 0.25) is 0 Å². The molecule has 0 atom stereocenters. The van der Waals surface area contributed by atoms with E-state index < -0.39 is 20.8 Å². The van der Waals surface area contributed by atoms with E-state index in [-0.39, 0.29) is 35.2 Å². The maximum absolute atomic E-state index is 10.8. The minimum absolute atomic E-state index is 0. The zero-order valence-corrected chi connectivity index (χ0v) is 14.8. The van der Waals surface area contributed by atoms with E-state index in [9.17, 15) is 18.5 Å². The van der Waals surface area contributed by atoms with Gasteiger partial charge >= 0.3 is 29.6 Å². The van der Waals surface area contributed by atoms with Crippen molar-refractivity contribution in [1.29, 1.82) is 0 Å². The maximum atomic E-state index is 10.8. The molecule has 0 bridgehead atoms. The monoisotopic (exact) mass is 330 g/mol. The van der Waals surface area contributed by atoms with Gasteiger partial charge in [0.05, 0.1) is 4.92 Å². The topological polar surface area (TPSA) is 97.5 Å². The van der Waals surface area contributed by atoms with Gasteiger partial charge in [-0.05, 0) is 23.1 Å². The number of rotatable bonds is 5. The number of non-ortho nitro benzene ring substituents is 1. The minimum Gasteiger partial charge on any atom is -0.285 e. The quantitative estimate of drug-likeness (QED) is 0.347. The first-order valence-electron chi connectivity index (χ1n) is 6.10. The van der Waals surface area contributed by atoms with Crippen LogP contribution >= 0.6 is 0 Å². The van der Waals surface area contributed by atoms with Crippen molar-refractivity contribution < 1.29 is 47.5 Å². The van der Waals surface area contributed by atoms with E-state index in [2.05, 4.69) is 0 Å². The molecule has 0 fully saturated rings. The molecule has 0 radical (unpaired) electrons. The Hall–Kier alpha value is -1.25. The Morgan fingerprint density at radius 1 is 0.909 bits per heavy atom. The van der Waals surface area contributed by atoms with Gasteiger partial charge in [-0.1, -0.05) is 36.4 Å². The Bertz CT molecular complexity index is 742. The van der Waals surface area contributed by atoms with Crippen LogP contribution in [0.15, 0.2) is 48.5 Å². The summed E-state index contributed by atoms with van der Waals surface area (Å²) in [5, 5.41) is 10.6. The van der Waals surface area contributed by atoms with Crippen LogP contribution in [0.4, 0.5) is 5.69 Å². The number of benzene rings is 2. The Morgan fingerprint density at radius 3 is 1.73 bits per heavy atom. The van der Waals surface area contributed by atoms with Crippen LogP contribution in [-0.2, 0) is 22.3 Å². The molecule has 0 saturated carbocycles. The second-order valence-corrected chi connectivity index (χ2v) is 6.10. The summed E-state index contributed by atoms with van der Waals surface area (Å²) in [6, 6.07) is 13.1. The third-order valence-corrected chi connectivity index (χ3v) is 3.63. The average molecular weight is 330 g/mol. The second kappa shape index (κ2) is 7.85. The standard InChI is InChI=1S/C14H13NO5S.Na/c16-15(17)14-7-5-12(6-8-14)9-11-1-3-13(4-2-11)10-21(18,19)20;/h1-8H,9-10H2,(H,18,19,20);/q;+1. The minimum atomic E-state index is -4.03. The van der Waals surface area contributed by atoms with Gasteiger partial charge in [0.15, 0.2) is 0 Å². The molecule has 0 amide bonds. The van der Waals surface area contributed by atoms with E-state index >= 15 is 0 Å². The number of nitrogens with zero attached hydrogens (tertiary/aromatic N) is 1. The van der Waals surface area contributed by atoms with Crippen LogP contribution in [0, 0.1) is 10.1 Å². The van der Waals surface area contributed by atoms with Gasteiger partial charge in [-0.25, -0.2) is 0 Å². The Kier molecular flexibility index (Phi) is 6.70. The molecule has 0 spiro atoms. The molecule has 0 unspecified atom stereocenters. The molecular formula is C14H13NNaO5S+. The Balaban J connectivity index is 0.00000242. The molecule has 0 saturated heterocycles. The zero-order valence-electron chi connectivity index (χ0n) is 12.0. The molecule has 2 aromatic rings. The second-order valence-electron chi connectivity index (χ2n) is 4.64. The first kappa shape index (κ1) is 18.8. The fourth-order valence-corrected chi connectivity index (χ4v) is 2.55. The summed E-state index contributed by atoms with van der Waals surface area (Å²) >= 11 is 0. The van der Waals surface area contributed by atoms with Gasteiger partial charge in [-0.2, -0.15) is 8.42 Å². The summed E-state index contributed by atoms with van der Waals surface area (Å²) in [4.78, 5) is 10.1. The molecule has 22 heavy (non-hydrogen) atoms. The van der Waals surface area contributed by atoms with Crippen LogP contribution in [0.3, 0.4) is 0 Å². The SMILES string of the molecule is O=[N+]([O-])c1ccc(Cc2ccc(CS(=O)(=O)O)cc2)cc1.[Na+]. The van der Waals surface area contributed by atoms with Crippen LogP contribution in [0.1, 0.15) is 16.7 Å². The summed E-state index contributed by atoms with van der Waals surface area (Å²) in [7, 11) is -4.03. The van der Waals surface area contributed by atoms with Crippen molar-refractivity contribution in [3.05, 3.63) is 75.3 Å². The fourth-order valence-electron chi connectivity index (χ4n) is 1.94. The van der Waals surface area contributed by atoms with Crippen molar-refractivity contribution >= 4 is 15.8 Å². The van der Waals surface area contributed by atoms with Crippen molar-refractivity contribution in [3.8, 4) is 0 Å². The van der Waals surface area contributed by atoms with Crippen LogP contribution < -0.4 is 29.6 Å². The maximum Gasteiger partial charge on any atom is 1.00 e. The predicted octanol–water partition coefficient (Wildman–Crippen LogP) is -0.423. The van der Waals surface area contributed by atoms with E-state index in [0.717, 1.165) is 11.1 Å². The molecule has 2 rings (SSSR count). The molecule has 2 aromatic carbocycles. The smallest absolute Gasteiger partial charge is 0.285 e. The van der Waals surface area contributed by atoms with Crippen LogP contribution in [-0.4, -0.2) is 17.9 Å². The fraction of sp³-hybridized carbons (Fsp3) is 0.143. The number of hydrogen-bond acceptors (Lipinski definition) is 4. The first-order valence-corrected chi connectivity index (χ1v) is 7.71. The Labute approximate surface area is 150 Å². The van der Waals surface area contributed by atoms with Gasteiger partial charge in [0, 0.05) is 12.1 Å². The van der Waals surface area contributed by atoms with Crippen molar-refractivity contribution in [3.63, 3.8) is 0 Å². The summed E-state index contributed by atoms with van der Waals surface area (Å²) < 4.78 is 30.3. The van der Waals surface area contributed by atoms with E-state index in [1.807, 2.05) is 0 Å². The van der Waals surface area contributed by atoms with E-state index in [1.54, 1.807) is 36.4 Å². The van der Waals surface area contributed by atoms with Crippen molar-refractivity contribution in [1.82, 2.24) is 0 Å². The van der Waals surface area contributed by atoms with Gasteiger partial charge in [-0.3, -0.25) is 14.7 Å². The molecule has 8 heteroatoms. The van der Waals surface area contributed by atoms with Crippen LogP contribution in [0.5, 0.6) is 0 Å². The molecular weight excluding hydrogens is 317 g/mol. The van der Waals surface area contributed by atoms with Crippen LogP contribution in [0.25, 0.3) is 0 Å².